The smallest absolute Gasteiger partial charge is 0.284 e. The molecule has 1 aromatic heterocycles. The number of benzene rings is 2. The number of para-hydroxylation sites is 1. The summed E-state index contributed by atoms with van der Waals surface area (Å²) in [5.74, 6) is -1.04. The van der Waals surface area contributed by atoms with Crippen LogP contribution in [0.1, 0.15) is 22.3 Å². The lowest BCUT2D eigenvalue weighted by Gasteiger charge is -2.30. The van der Waals surface area contributed by atoms with Crippen LogP contribution in [0, 0.1) is 10.1 Å². The summed E-state index contributed by atoms with van der Waals surface area (Å²) in [4.78, 5) is 41.9. The number of amides is 2. The number of hydrogen-bond donors (Lipinski definition) is 3. The summed E-state index contributed by atoms with van der Waals surface area (Å²) in [5.41, 5.74) is 6.69. The minimum atomic E-state index is -0.656. The zero-order valence-electron chi connectivity index (χ0n) is 16.8. The molecule has 1 aliphatic rings. The van der Waals surface area contributed by atoms with Gasteiger partial charge in [0.25, 0.3) is 17.5 Å². The third-order valence-electron chi connectivity index (χ3n) is 4.87. The number of aromatic amines is 1. The molecule has 0 aliphatic carbocycles. The minimum Gasteiger partial charge on any atom is -0.362 e. The van der Waals surface area contributed by atoms with Crippen LogP contribution in [0.25, 0.3) is 0 Å². The van der Waals surface area contributed by atoms with Gasteiger partial charge in [-0.05, 0) is 48.4 Å². The van der Waals surface area contributed by atoms with Gasteiger partial charge in [0.1, 0.15) is 6.33 Å². The van der Waals surface area contributed by atoms with E-state index in [2.05, 4.69) is 26.0 Å². The van der Waals surface area contributed by atoms with Crippen LogP contribution in [0.5, 0.6) is 0 Å². The second kappa shape index (κ2) is 9.47. The van der Waals surface area contributed by atoms with Crippen LogP contribution in [0.15, 0.2) is 58.8 Å². The average molecular weight is 453 g/mol. The van der Waals surface area contributed by atoms with Gasteiger partial charge in [-0.2, -0.15) is 5.10 Å². The zero-order chi connectivity index (χ0) is 22.5. The number of aryl methyl sites for hydroxylation is 1. The Bertz CT molecular complexity index is 1150. The highest BCUT2D eigenvalue weighted by Gasteiger charge is 2.21. The van der Waals surface area contributed by atoms with Crippen LogP contribution >= 0.6 is 11.8 Å². The van der Waals surface area contributed by atoms with Gasteiger partial charge in [-0.3, -0.25) is 35.7 Å². The number of nitro benzene ring substituents is 1. The molecule has 11 nitrogen and oxygen atoms in total. The van der Waals surface area contributed by atoms with Crippen molar-refractivity contribution in [3.63, 3.8) is 0 Å². The van der Waals surface area contributed by atoms with E-state index < -0.39 is 10.8 Å². The first kappa shape index (κ1) is 21.3. The number of hydrogen-bond acceptors (Lipinski definition) is 8. The van der Waals surface area contributed by atoms with Crippen molar-refractivity contribution in [2.24, 2.45) is 0 Å². The number of fused-ring (bicyclic) bond motifs is 1. The van der Waals surface area contributed by atoms with E-state index in [0.717, 1.165) is 42.9 Å². The van der Waals surface area contributed by atoms with E-state index >= 15 is 0 Å². The molecule has 164 valence electrons. The predicted octanol–water partition coefficient (Wildman–Crippen LogP) is 2.08. The number of rotatable bonds is 6. The number of carbonyl (C=O) groups is 2. The fourth-order valence-corrected chi connectivity index (χ4v) is 4.20. The maximum absolute atomic E-state index is 12.4. The normalized spacial score (nSPS) is 12.7. The molecule has 0 unspecified atom stereocenters. The number of nitrogens with zero attached hydrogens (tertiary/aromatic N) is 4. The van der Waals surface area contributed by atoms with Crippen LogP contribution in [-0.2, 0) is 11.2 Å². The molecule has 2 amide bonds. The molecule has 0 fully saturated rings. The number of hydrazine groups is 1. The van der Waals surface area contributed by atoms with Gasteiger partial charge in [0, 0.05) is 23.9 Å². The summed E-state index contributed by atoms with van der Waals surface area (Å²) in [6.07, 6.45) is 3.20. The first-order chi connectivity index (χ1) is 15.5. The molecular formula is C20H19N7O4S. The van der Waals surface area contributed by atoms with E-state index in [9.17, 15) is 19.7 Å². The molecule has 2 heterocycles. The van der Waals surface area contributed by atoms with Crippen molar-refractivity contribution < 1.29 is 14.5 Å². The van der Waals surface area contributed by atoms with Gasteiger partial charge in [0.05, 0.1) is 16.4 Å². The Morgan fingerprint density at radius 2 is 2.06 bits per heavy atom. The first-order valence-corrected chi connectivity index (χ1v) is 10.6. The Labute approximate surface area is 186 Å². The standard InChI is InChI=1S/C20H19N7O4S/c28-18(11-26-9-3-5-13-4-1-2-6-15(13)26)23-24-19(29)14-7-8-17(16(10-14)27(30)31)32-20-21-12-22-25-20/h1-2,4,6-8,10,12H,3,5,9,11H2,(H,23,28)(H,24,29)(H,21,22,25). The Kier molecular flexibility index (Phi) is 6.31. The summed E-state index contributed by atoms with van der Waals surface area (Å²) in [6.45, 7) is 0.832. The van der Waals surface area contributed by atoms with E-state index in [1.807, 2.05) is 29.2 Å². The highest BCUT2D eigenvalue weighted by Crippen LogP contribution is 2.33. The molecule has 0 radical (unpaired) electrons. The van der Waals surface area contributed by atoms with Gasteiger partial charge in [-0.25, -0.2) is 4.98 Å². The Hall–Kier alpha value is -3.93. The van der Waals surface area contributed by atoms with E-state index in [-0.39, 0.29) is 23.7 Å². The van der Waals surface area contributed by atoms with E-state index in [1.165, 1.54) is 24.0 Å². The zero-order valence-corrected chi connectivity index (χ0v) is 17.6. The van der Waals surface area contributed by atoms with Gasteiger partial charge in [0.2, 0.25) is 0 Å². The molecule has 0 spiro atoms. The molecule has 3 aromatic rings. The van der Waals surface area contributed by atoms with Crippen molar-refractivity contribution in [3.05, 3.63) is 70.0 Å². The summed E-state index contributed by atoms with van der Waals surface area (Å²) in [7, 11) is 0. The topological polar surface area (TPSA) is 146 Å². The van der Waals surface area contributed by atoms with E-state index in [0.29, 0.717) is 10.1 Å². The summed E-state index contributed by atoms with van der Waals surface area (Å²) in [6, 6.07) is 11.9. The van der Waals surface area contributed by atoms with Crippen molar-refractivity contribution in [2.75, 3.05) is 18.0 Å². The Morgan fingerprint density at radius 3 is 2.84 bits per heavy atom. The molecule has 0 saturated heterocycles. The second-order valence-corrected chi connectivity index (χ2v) is 8.02. The van der Waals surface area contributed by atoms with Crippen molar-refractivity contribution in [3.8, 4) is 0 Å². The van der Waals surface area contributed by atoms with E-state index in [1.54, 1.807) is 0 Å². The fraction of sp³-hybridized carbons (Fsp3) is 0.200. The lowest BCUT2D eigenvalue weighted by molar-refractivity contribution is -0.387. The number of aromatic nitrogens is 3. The van der Waals surface area contributed by atoms with Gasteiger partial charge in [-0.15, -0.1) is 0 Å². The number of nitrogens with one attached hydrogen (secondary N) is 3. The van der Waals surface area contributed by atoms with Crippen molar-refractivity contribution >= 4 is 35.0 Å². The molecule has 4 rings (SSSR count). The monoisotopic (exact) mass is 453 g/mol. The Morgan fingerprint density at radius 1 is 1.22 bits per heavy atom. The maximum atomic E-state index is 12.4. The van der Waals surface area contributed by atoms with Crippen LogP contribution in [0.3, 0.4) is 0 Å². The van der Waals surface area contributed by atoms with Crippen LogP contribution in [0.2, 0.25) is 0 Å². The SMILES string of the molecule is O=C(CN1CCCc2ccccc21)NNC(=O)c1ccc(Sc2ncn[nH]2)c([N+](=O)[O-])c1. The summed E-state index contributed by atoms with van der Waals surface area (Å²) < 4.78 is 0. The lowest BCUT2D eigenvalue weighted by Crippen LogP contribution is -2.47. The number of anilines is 1. The van der Waals surface area contributed by atoms with Crippen molar-refractivity contribution in [2.45, 2.75) is 22.9 Å². The highest BCUT2D eigenvalue weighted by molar-refractivity contribution is 7.99. The third kappa shape index (κ3) is 4.86. The van der Waals surface area contributed by atoms with Crippen LogP contribution in [0.4, 0.5) is 11.4 Å². The number of carbonyl (C=O) groups excluding carboxylic acids is 2. The minimum absolute atomic E-state index is 0.0437. The quantitative estimate of drug-likeness (QED) is 0.380. The molecule has 2 aromatic carbocycles. The van der Waals surface area contributed by atoms with Crippen LogP contribution < -0.4 is 15.8 Å². The molecule has 0 atom stereocenters. The lowest BCUT2D eigenvalue weighted by atomic mass is 10.0. The molecule has 0 saturated carbocycles. The molecule has 3 N–H and O–H groups in total. The molecule has 32 heavy (non-hydrogen) atoms. The first-order valence-electron chi connectivity index (χ1n) is 9.75. The van der Waals surface area contributed by atoms with Gasteiger partial charge in [0.15, 0.2) is 5.16 Å². The van der Waals surface area contributed by atoms with Gasteiger partial charge in [-0.1, -0.05) is 18.2 Å². The van der Waals surface area contributed by atoms with Gasteiger partial charge < -0.3 is 4.90 Å². The third-order valence-corrected chi connectivity index (χ3v) is 5.83. The van der Waals surface area contributed by atoms with Crippen molar-refractivity contribution in [1.29, 1.82) is 0 Å². The van der Waals surface area contributed by atoms with Crippen molar-refractivity contribution in [1.82, 2.24) is 26.0 Å². The predicted molar refractivity (Wildman–Crippen MR) is 116 cm³/mol. The Balaban J connectivity index is 1.38. The molecule has 0 bridgehead atoms. The van der Waals surface area contributed by atoms with Gasteiger partial charge >= 0.3 is 0 Å². The fourth-order valence-electron chi connectivity index (χ4n) is 3.42. The largest absolute Gasteiger partial charge is 0.362 e. The average Bonchev–Trinajstić information content (AvgIpc) is 3.31. The molecular weight excluding hydrogens is 434 g/mol. The molecule has 1 aliphatic heterocycles. The summed E-state index contributed by atoms with van der Waals surface area (Å²) >= 11 is 1.02. The summed E-state index contributed by atoms with van der Waals surface area (Å²) in [5, 5.41) is 18.1. The number of H-pyrrole nitrogens is 1. The number of nitro groups is 1. The van der Waals surface area contributed by atoms with E-state index in [4.69, 9.17) is 0 Å². The molecule has 12 heteroatoms. The van der Waals surface area contributed by atoms with Crippen LogP contribution in [-0.4, -0.2) is 45.0 Å². The second-order valence-electron chi connectivity index (χ2n) is 6.99. The highest BCUT2D eigenvalue weighted by atomic mass is 32.2. The maximum Gasteiger partial charge on any atom is 0.284 e.